The minimum atomic E-state index is -3.79. The smallest absolute Gasteiger partial charge is 0.336 e. The van der Waals surface area contributed by atoms with Gasteiger partial charge >= 0.3 is 6.01 Å². The third kappa shape index (κ3) is 2.67. The van der Waals surface area contributed by atoms with Crippen LogP contribution in [0.4, 0.5) is 5.95 Å². The number of aryl methyl sites for hydroxylation is 2. The molecule has 0 aliphatic carbocycles. The molecule has 0 aliphatic rings. The maximum absolute atomic E-state index is 12.1. The zero-order valence-electron chi connectivity index (χ0n) is 10.7. The van der Waals surface area contributed by atoms with Crippen molar-refractivity contribution in [3.63, 3.8) is 0 Å². The second-order valence-electron chi connectivity index (χ2n) is 3.69. The lowest BCUT2D eigenvalue weighted by molar-refractivity contribution is 0.382. The summed E-state index contributed by atoms with van der Waals surface area (Å²) in [6.07, 6.45) is 1.46. The van der Waals surface area contributed by atoms with E-state index in [9.17, 15) is 8.42 Å². The number of rotatable bonds is 5. The van der Waals surface area contributed by atoms with Gasteiger partial charge in [-0.25, -0.2) is 14.8 Å². The number of H-pyrrole nitrogens is 1. The number of aromatic nitrogens is 5. The fourth-order valence-electron chi connectivity index (χ4n) is 1.49. The summed E-state index contributed by atoms with van der Waals surface area (Å²) in [5.41, 5.74) is 0. The molecule has 2 heterocycles. The highest BCUT2D eigenvalue weighted by Gasteiger charge is 2.20. The number of imidazole rings is 1. The highest BCUT2D eigenvalue weighted by molar-refractivity contribution is 7.92. The van der Waals surface area contributed by atoms with Gasteiger partial charge in [0.25, 0.3) is 10.0 Å². The molecule has 0 amide bonds. The Morgan fingerprint density at radius 1 is 1.47 bits per heavy atom. The van der Waals surface area contributed by atoms with Gasteiger partial charge in [0, 0.05) is 12.7 Å². The molecule has 0 unspecified atom stereocenters. The molecule has 9 nitrogen and oxygen atoms in total. The number of methoxy groups -OCH3 is 1. The second kappa shape index (κ2) is 4.88. The molecular weight excluding hydrogens is 272 g/mol. The first-order valence-corrected chi connectivity index (χ1v) is 6.97. The number of ether oxygens (including phenoxy) is 1. The third-order valence-electron chi connectivity index (χ3n) is 2.45. The summed E-state index contributed by atoms with van der Waals surface area (Å²) in [6.45, 7) is 4.28. The third-order valence-corrected chi connectivity index (χ3v) is 3.66. The van der Waals surface area contributed by atoms with Crippen LogP contribution in [0.2, 0.25) is 0 Å². The molecule has 0 spiro atoms. The molecule has 104 valence electrons. The lowest BCUT2D eigenvalue weighted by atomic mass is 10.6. The average molecular weight is 286 g/mol. The Morgan fingerprint density at radius 3 is 2.74 bits per heavy atom. The Kier molecular flexibility index (Phi) is 3.42. The van der Waals surface area contributed by atoms with Gasteiger partial charge in [-0.05, 0) is 13.8 Å². The van der Waals surface area contributed by atoms with Crippen molar-refractivity contribution in [2.45, 2.75) is 25.4 Å². The van der Waals surface area contributed by atoms with E-state index in [2.05, 4.69) is 24.9 Å². The van der Waals surface area contributed by atoms with Gasteiger partial charge in [-0.2, -0.15) is 13.4 Å². The standard InChI is InChI=1S/C9H14N6O3S/c1-4-15-5-7(10-6(15)2)19(16,17)14-8-11-9(18-3)13-12-8/h5H,4H2,1-3H3,(H2,11,12,13,14). The Balaban J connectivity index is 2.26. The molecule has 2 rings (SSSR count). The molecule has 2 aromatic heterocycles. The molecule has 2 N–H and O–H groups in total. The van der Waals surface area contributed by atoms with Crippen LogP contribution < -0.4 is 9.46 Å². The lowest BCUT2D eigenvalue weighted by Gasteiger charge is -2.00. The normalized spacial score (nSPS) is 11.5. The summed E-state index contributed by atoms with van der Waals surface area (Å²) >= 11 is 0. The number of nitrogens with one attached hydrogen (secondary N) is 2. The summed E-state index contributed by atoms with van der Waals surface area (Å²) in [5.74, 6) is 0.596. The number of aromatic amines is 1. The molecule has 0 radical (unpaired) electrons. The fraction of sp³-hybridized carbons (Fsp3) is 0.444. The minimum absolute atomic E-state index is 0.0273. The van der Waals surface area contributed by atoms with E-state index in [4.69, 9.17) is 4.74 Å². The van der Waals surface area contributed by atoms with Crippen molar-refractivity contribution in [1.29, 1.82) is 0 Å². The van der Waals surface area contributed by atoms with Gasteiger partial charge in [0.05, 0.1) is 7.11 Å². The zero-order valence-corrected chi connectivity index (χ0v) is 11.5. The van der Waals surface area contributed by atoms with E-state index in [0.717, 1.165) is 0 Å². The van der Waals surface area contributed by atoms with Crippen molar-refractivity contribution in [2.24, 2.45) is 0 Å². The van der Waals surface area contributed by atoms with Crippen molar-refractivity contribution in [3.05, 3.63) is 12.0 Å². The van der Waals surface area contributed by atoms with Gasteiger partial charge < -0.3 is 9.30 Å². The average Bonchev–Trinajstić information content (AvgIpc) is 2.95. The van der Waals surface area contributed by atoms with Crippen LogP contribution in [-0.2, 0) is 16.6 Å². The Morgan fingerprint density at radius 2 is 2.21 bits per heavy atom. The predicted octanol–water partition coefficient (Wildman–Crippen LogP) is 0.139. The van der Waals surface area contributed by atoms with Crippen LogP contribution >= 0.6 is 0 Å². The number of nitrogens with zero attached hydrogens (tertiary/aromatic N) is 4. The van der Waals surface area contributed by atoms with Gasteiger partial charge in [-0.3, -0.25) is 0 Å². The van der Waals surface area contributed by atoms with Crippen LogP contribution in [-0.4, -0.2) is 40.3 Å². The molecule has 10 heteroatoms. The van der Waals surface area contributed by atoms with Crippen LogP contribution in [0.1, 0.15) is 12.7 Å². The summed E-state index contributed by atoms with van der Waals surface area (Å²) in [5, 5.41) is 5.98. The van der Waals surface area contributed by atoms with E-state index in [1.807, 2.05) is 6.92 Å². The minimum Gasteiger partial charge on any atom is -0.466 e. The summed E-state index contributed by atoms with van der Waals surface area (Å²) in [6, 6.07) is 0.0490. The van der Waals surface area contributed by atoms with Gasteiger partial charge in [-0.15, -0.1) is 5.10 Å². The molecule has 0 fully saturated rings. The maximum Gasteiger partial charge on any atom is 0.336 e. The van der Waals surface area contributed by atoms with E-state index in [0.29, 0.717) is 12.4 Å². The highest BCUT2D eigenvalue weighted by atomic mass is 32.2. The Labute approximate surface area is 110 Å². The molecule has 0 aromatic carbocycles. The molecule has 2 aromatic rings. The molecule has 0 atom stereocenters. The van der Waals surface area contributed by atoms with E-state index in [1.165, 1.54) is 13.3 Å². The van der Waals surface area contributed by atoms with Crippen molar-refractivity contribution in [1.82, 2.24) is 24.7 Å². The molecule has 19 heavy (non-hydrogen) atoms. The largest absolute Gasteiger partial charge is 0.466 e. The van der Waals surface area contributed by atoms with Crippen LogP contribution in [0.25, 0.3) is 0 Å². The number of sulfonamides is 1. The van der Waals surface area contributed by atoms with Crippen molar-refractivity contribution < 1.29 is 13.2 Å². The number of hydrogen-bond donors (Lipinski definition) is 2. The lowest BCUT2D eigenvalue weighted by Crippen LogP contribution is -2.14. The van der Waals surface area contributed by atoms with E-state index >= 15 is 0 Å². The van der Waals surface area contributed by atoms with Crippen molar-refractivity contribution in [2.75, 3.05) is 11.8 Å². The predicted molar refractivity (Wildman–Crippen MR) is 66.4 cm³/mol. The quantitative estimate of drug-likeness (QED) is 0.807. The maximum atomic E-state index is 12.1. The Bertz CT molecular complexity index is 674. The van der Waals surface area contributed by atoms with Gasteiger partial charge in [-0.1, -0.05) is 0 Å². The van der Waals surface area contributed by atoms with Crippen LogP contribution in [0.3, 0.4) is 0 Å². The molecule has 0 aliphatic heterocycles. The van der Waals surface area contributed by atoms with Crippen molar-refractivity contribution >= 4 is 16.0 Å². The van der Waals surface area contributed by atoms with Crippen molar-refractivity contribution in [3.8, 4) is 6.01 Å². The first kappa shape index (κ1) is 13.3. The first-order valence-electron chi connectivity index (χ1n) is 5.49. The van der Waals surface area contributed by atoms with E-state index in [1.54, 1.807) is 11.5 Å². The zero-order chi connectivity index (χ0) is 14.0. The number of anilines is 1. The van der Waals surface area contributed by atoms with E-state index in [-0.39, 0.29) is 17.0 Å². The first-order chi connectivity index (χ1) is 8.96. The van der Waals surface area contributed by atoms with Gasteiger partial charge in [0.2, 0.25) is 5.95 Å². The molecular formula is C9H14N6O3S. The van der Waals surface area contributed by atoms with Gasteiger partial charge in [0.1, 0.15) is 5.82 Å². The fourth-order valence-corrected chi connectivity index (χ4v) is 2.46. The topological polar surface area (TPSA) is 115 Å². The molecule has 0 saturated heterocycles. The highest BCUT2D eigenvalue weighted by Crippen LogP contribution is 2.14. The summed E-state index contributed by atoms with van der Waals surface area (Å²) in [4.78, 5) is 7.77. The second-order valence-corrected chi connectivity index (χ2v) is 5.32. The Hall–Kier alpha value is -2.10. The summed E-state index contributed by atoms with van der Waals surface area (Å²) in [7, 11) is -2.41. The molecule has 0 saturated carbocycles. The van der Waals surface area contributed by atoms with Crippen LogP contribution in [0.15, 0.2) is 11.2 Å². The monoisotopic (exact) mass is 286 g/mol. The van der Waals surface area contributed by atoms with E-state index < -0.39 is 10.0 Å². The SMILES string of the molecule is CCn1cc(S(=O)(=O)Nc2nc(OC)n[nH]2)nc1C. The number of hydrogen-bond acceptors (Lipinski definition) is 6. The van der Waals surface area contributed by atoms with Crippen LogP contribution in [0.5, 0.6) is 6.01 Å². The summed E-state index contributed by atoms with van der Waals surface area (Å²) < 4.78 is 32.9. The molecule has 0 bridgehead atoms. The van der Waals surface area contributed by atoms with Crippen LogP contribution in [0, 0.1) is 6.92 Å². The van der Waals surface area contributed by atoms with Gasteiger partial charge in [0.15, 0.2) is 5.03 Å².